The Hall–Kier alpha value is -2.18. The second-order valence-corrected chi connectivity index (χ2v) is 6.78. The number of halogens is 2. The van der Waals surface area contributed by atoms with Crippen molar-refractivity contribution in [2.45, 2.75) is 13.1 Å². The number of nitrogens with zero attached hydrogens (tertiary/aromatic N) is 1. The second-order valence-electron chi connectivity index (χ2n) is 5.86. The van der Waals surface area contributed by atoms with Crippen LogP contribution in [-0.4, -0.2) is 19.1 Å². The van der Waals surface area contributed by atoms with Crippen LogP contribution in [0.4, 0.5) is 4.39 Å². The first-order valence-corrected chi connectivity index (χ1v) is 8.49. The van der Waals surface area contributed by atoms with Crippen LogP contribution < -0.4 is 10.4 Å². The average molecular weight is 406 g/mol. The molecule has 130 valence electrons. The highest BCUT2D eigenvalue weighted by Crippen LogP contribution is 2.24. The van der Waals surface area contributed by atoms with Gasteiger partial charge in [-0.1, -0.05) is 15.9 Å². The molecule has 3 aromatic rings. The lowest BCUT2D eigenvalue weighted by Gasteiger charge is -2.18. The largest absolute Gasteiger partial charge is 0.497 e. The maximum Gasteiger partial charge on any atom is 0.336 e. The molecule has 0 spiro atoms. The normalized spacial score (nSPS) is 11.2. The number of hydrogen-bond donors (Lipinski definition) is 0. The highest BCUT2D eigenvalue weighted by atomic mass is 79.9. The summed E-state index contributed by atoms with van der Waals surface area (Å²) in [6.45, 7) is 0.906. The van der Waals surface area contributed by atoms with E-state index in [4.69, 9.17) is 9.15 Å². The van der Waals surface area contributed by atoms with Gasteiger partial charge in [-0.05, 0) is 42.9 Å². The van der Waals surface area contributed by atoms with E-state index in [1.807, 2.05) is 24.1 Å². The Morgan fingerprint density at radius 2 is 1.88 bits per heavy atom. The molecule has 25 heavy (non-hydrogen) atoms. The topological polar surface area (TPSA) is 42.7 Å². The first-order valence-electron chi connectivity index (χ1n) is 7.69. The molecular formula is C19H17BrFNO3. The average Bonchev–Trinajstić information content (AvgIpc) is 2.57. The Balaban J connectivity index is 1.89. The summed E-state index contributed by atoms with van der Waals surface area (Å²) in [6, 6.07) is 11.7. The van der Waals surface area contributed by atoms with Gasteiger partial charge in [-0.15, -0.1) is 0 Å². The van der Waals surface area contributed by atoms with Crippen molar-refractivity contribution in [1.82, 2.24) is 4.90 Å². The van der Waals surface area contributed by atoms with E-state index < -0.39 is 5.63 Å². The Bertz CT molecular complexity index is 971. The molecule has 0 saturated carbocycles. The van der Waals surface area contributed by atoms with E-state index in [1.54, 1.807) is 25.3 Å². The summed E-state index contributed by atoms with van der Waals surface area (Å²) in [6.07, 6.45) is 0. The zero-order chi connectivity index (χ0) is 18.0. The standard InChI is InChI=1S/C19H17BrFNO3/c1-22(11-13-7-14(20)3-6-17(13)21)10-12-8-19(23)25-18-9-15(24-2)4-5-16(12)18/h3-9H,10-11H2,1-2H3. The molecule has 4 nitrogen and oxygen atoms in total. The minimum absolute atomic E-state index is 0.253. The molecule has 0 aliphatic heterocycles. The summed E-state index contributed by atoms with van der Waals surface area (Å²) in [7, 11) is 3.44. The van der Waals surface area contributed by atoms with Crippen LogP contribution in [0.1, 0.15) is 11.1 Å². The van der Waals surface area contributed by atoms with Crippen molar-refractivity contribution < 1.29 is 13.5 Å². The third-order valence-electron chi connectivity index (χ3n) is 3.93. The summed E-state index contributed by atoms with van der Waals surface area (Å²) in [5.74, 6) is 0.370. The fourth-order valence-corrected chi connectivity index (χ4v) is 3.18. The summed E-state index contributed by atoms with van der Waals surface area (Å²) in [5.41, 5.74) is 1.47. The first kappa shape index (κ1) is 17.6. The number of benzene rings is 2. The zero-order valence-electron chi connectivity index (χ0n) is 13.9. The van der Waals surface area contributed by atoms with E-state index in [1.165, 1.54) is 12.1 Å². The van der Waals surface area contributed by atoms with Gasteiger partial charge in [-0.3, -0.25) is 4.90 Å². The van der Waals surface area contributed by atoms with Crippen molar-refractivity contribution in [3.63, 3.8) is 0 Å². The van der Waals surface area contributed by atoms with Crippen molar-refractivity contribution in [3.8, 4) is 5.75 Å². The first-order chi connectivity index (χ1) is 12.0. The molecule has 1 aromatic heterocycles. The monoisotopic (exact) mass is 405 g/mol. The molecule has 0 fully saturated rings. The summed E-state index contributed by atoms with van der Waals surface area (Å²) >= 11 is 3.36. The van der Waals surface area contributed by atoms with E-state index in [9.17, 15) is 9.18 Å². The highest BCUT2D eigenvalue weighted by Gasteiger charge is 2.11. The number of fused-ring (bicyclic) bond motifs is 1. The summed E-state index contributed by atoms with van der Waals surface area (Å²) in [4.78, 5) is 13.8. The number of methoxy groups -OCH3 is 1. The minimum Gasteiger partial charge on any atom is -0.497 e. The predicted octanol–water partition coefficient (Wildman–Crippen LogP) is 4.34. The van der Waals surface area contributed by atoms with Crippen LogP contribution in [0.15, 0.2) is 56.1 Å². The molecule has 0 saturated heterocycles. The van der Waals surface area contributed by atoms with Crippen LogP contribution >= 0.6 is 15.9 Å². The SMILES string of the molecule is COc1ccc2c(CN(C)Cc3cc(Br)ccc3F)cc(=O)oc2c1. The zero-order valence-corrected chi connectivity index (χ0v) is 15.5. The maximum atomic E-state index is 13.9. The molecule has 0 atom stereocenters. The molecule has 2 aromatic carbocycles. The van der Waals surface area contributed by atoms with E-state index in [-0.39, 0.29) is 5.82 Å². The van der Waals surface area contributed by atoms with E-state index in [0.29, 0.717) is 30.0 Å². The number of hydrogen-bond acceptors (Lipinski definition) is 4. The Labute approximate surface area is 153 Å². The van der Waals surface area contributed by atoms with Gasteiger partial charge in [0.2, 0.25) is 0 Å². The molecule has 6 heteroatoms. The number of ether oxygens (including phenoxy) is 1. The van der Waals surface area contributed by atoms with Crippen LogP contribution in [0.5, 0.6) is 5.75 Å². The molecule has 1 heterocycles. The smallest absolute Gasteiger partial charge is 0.336 e. The van der Waals surface area contributed by atoms with Crippen LogP contribution in [-0.2, 0) is 13.1 Å². The van der Waals surface area contributed by atoms with Crippen LogP contribution in [0.25, 0.3) is 11.0 Å². The lowest BCUT2D eigenvalue weighted by atomic mass is 10.1. The predicted molar refractivity (Wildman–Crippen MR) is 98.3 cm³/mol. The summed E-state index contributed by atoms with van der Waals surface area (Å²) < 4.78 is 25.2. The van der Waals surface area contributed by atoms with Gasteiger partial charge < -0.3 is 9.15 Å². The highest BCUT2D eigenvalue weighted by molar-refractivity contribution is 9.10. The molecule has 0 N–H and O–H groups in total. The third kappa shape index (κ3) is 4.08. The fourth-order valence-electron chi connectivity index (χ4n) is 2.77. The second kappa shape index (κ2) is 7.37. The van der Waals surface area contributed by atoms with Gasteiger partial charge in [0.1, 0.15) is 17.1 Å². The lowest BCUT2D eigenvalue weighted by Crippen LogP contribution is -2.19. The van der Waals surface area contributed by atoms with Gasteiger partial charge >= 0.3 is 5.63 Å². The molecule has 0 bridgehead atoms. The third-order valence-corrected chi connectivity index (χ3v) is 4.42. The van der Waals surface area contributed by atoms with Gasteiger partial charge in [0.05, 0.1) is 7.11 Å². The van der Waals surface area contributed by atoms with Crippen LogP contribution in [0, 0.1) is 5.82 Å². The van der Waals surface area contributed by atoms with Crippen molar-refractivity contribution >= 4 is 26.9 Å². The molecule has 0 amide bonds. The molecular weight excluding hydrogens is 389 g/mol. The van der Waals surface area contributed by atoms with E-state index >= 15 is 0 Å². The van der Waals surface area contributed by atoms with Crippen molar-refractivity contribution in [3.05, 3.63) is 74.3 Å². The summed E-state index contributed by atoms with van der Waals surface area (Å²) in [5, 5.41) is 0.835. The molecule has 0 aliphatic rings. The molecule has 0 aliphatic carbocycles. The van der Waals surface area contributed by atoms with Gasteiger partial charge in [0.15, 0.2) is 0 Å². The van der Waals surface area contributed by atoms with Gasteiger partial charge in [-0.25, -0.2) is 9.18 Å². The Morgan fingerprint density at radius 3 is 2.64 bits per heavy atom. The quantitative estimate of drug-likeness (QED) is 0.592. The Kier molecular flexibility index (Phi) is 5.20. The molecule has 0 unspecified atom stereocenters. The fraction of sp³-hybridized carbons (Fsp3) is 0.211. The van der Waals surface area contributed by atoms with Crippen LogP contribution in [0.2, 0.25) is 0 Å². The van der Waals surface area contributed by atoms with Crippen molar-refractivity contribution in [2.75, 3.05) is 14.2 Å². The molecule has 3 rings (SSSR count). The minimum atomic E-state index is -0.419. The Morgan fingerprint density at radius 1 is 1.12 bits per heavy atom. The van der Waals surface area contributed by atoms with Crippen molar-refractivity contribution in [2.24, 2.45) is 0 Å². The lowest BCUT2D eigenvalue weighted by molar-refractivity contribution is 0.314. The van der Waals surface area contributed by atoms with E-state index in [0.717, 1.165) is 15.4 Å². The van der Waals surface area contributed by atoms with Gasteiger partial charge in [0, 0.05) is 40.6 Å². The van der Waals surface area contributed by atoms with Crippen molar-refractivity contribution in [1.29, 1.82) is 0 Å². The van der Waals surface area contributed by atoms with Gasteiger partial charge in [-0.2, -0.15) is 0 Å². The maximum absolute atomic E-state index is 13.9. The van der Waals surface area contributed by atoms with Crippen LogP contribution in [0.3, 0.4) is 0 Å². The van der Waals surface area contributed by atoms with E-state index in [2.05, 4.69) is 15.9 Å². The molecule has 0 radical (unpaired) electrons. The number of rotatable bonds is 5. The van der Waals surface area contributed by atoms with Gasteiger partial charge in [0.25, 0.3) is 0 Å².